The Morgan fingerprint density at radius 2 is 1.80 bits per heavy atom. The molecular formula is C25H30N2O3. The zero-order chi connectivity index (χ0) is 21.8. The van der Waals surface area contributed by atoms with E-state index in [1.165, 1.54) is 5.56 Å². The minimum atomic E-state index is -0.137. The van der Waals surface area contributed by atoms with Crippen molar-refractivity contribution in [3.05, 3.63) is 76.1 Å². The summed E-state index contributed by atoms with van der Waals surface area (Å²) in [6.07, 6.45) is 0.872. The summed E-state index contributed by atoms with van der Waals surface area (Å²) in [5.74, 6) is 1.31. The molecule has 0 saturated heterocycles. The van der Waals surface area contributed by atoms with Crippen molar-refractivity contribution >= 4 is 11.6 Å². The number of nitrogens with one attached hydrogen (secondary N) is 1. The minimum absolute atomic E-state index is 0.137. The fraction of sp³-hybridized carbons (Fsp3) is 0.320. The highest BCUT2D eigenvalue weighted by atomic mass is 16.5. The maximum Gasteiger partial charge on any atom is 0.272 e. The number of methoxy groups -OCH3 is 2. The Bertz CT molecular complexity index is 1070. The second-order valence-corrected chi connectivity index (χ2v) is 7.49. The molecule has 1 heterocycles. The van der Waals surface area contributed by atoms with Crippen LogP contribution in [0, 0.1) is 20.8 Å². The predicted octanol–water partition coefficient (Wildman–Crippen LogP) is 5.29. The number of amides is 1. The van der Waals surface area contributed by atoms with Gasteiger partial charge < -0.3 is 19.4 Å². The standard InChI is InChI=1S/C25H30N2O3/c1-7-21-17(3)24(25(28)26-22-13-16(2)11-12-23(22)30-6)27(18(21)4)15-19-9-8-10-20(14-19)29-5/h8-14H,7,15H2,1-6H3,(H,26,28). The van der Waals surface area contributed by atoms with Crippen LogP contribution in [-0.4, -0.2) is 24.7 Å². The van der Waals surface area contributed by atoms with Crippen LogP contribution in [0.15, 0.2) is 42.5 Å². The summed E-state index contributed by atoms with van der Waals surface area (Å²) in [7, 11) is 3.27. The Kier molecular flexibility index (Phi) is 6.50. The highest BCUT2D eigenvalue weighted by Gasteiger charge is 2.23. The van der Waals surface area contributed by atoms with Gasteiger partial charge in [0.1, 0.15) is 17.2 Å². The van der Waals surface area contributed by atoms with Gasteiger partial charge in [0, 0.05) is 12.2 Å². The van der Waals surface area contributed by atoms with Gasteiger partial charge in [0.05, 0.1) is 19.9 Å². The maximum absolute atomic E-state index is 13.4. The molecule has 3 rings (SSSR count). The van der Waals surface area contributed by atoms with Crippen molar-refractivity contribution in [2.24, 2.45) is 0 Å². The van der Waals surface area contributed by atoms with Gasteiger partial charge in [0.25, 0.3) is 5.91 Å². The van der Waals surface area contributed by atoms with Gasteiger partial charge in [-0.25, -0.2) is 0 Å². The molecule has 0 aliphatic carbocycles. The molecular weight excluding hydrogens is 376 g/mol. The van der Waals surface area contributed by atoms with Crippen molar-refractivity contribution in [2.75, 3.05) is 19.5 Å². The second-order valence-electron chi connectivity index (χ2n) is 7.49. The van der Waals surface area contributed by atoms with Crippen LogP contribution >= 0.6 is 0 Å². The quantitative estimate of drug-likeness (QED) is 0.580. The number of ether oxygens (including phenoxy) is 2. The predicted molar refractivity (Wildman–Crippen MR) is 121 cm³/mol. The Balaban J connectivity index is 2.03. The first kappa shape index (κ1) is 21.5. The minimum Gasteiger partial charge on any atom is -0.497 e. The second kappa shape index (κ2) is 9.08. The van der Waals surface area contributed by atoms with Crippen LogP contribution in [-0.2, 0) is 13.0 Å². The summed E-state index contributed by atoms with van der Waals surface area (Å²) in [4.78, 5) is 13.4. The molecule has 0 radical (unpaired) electrons. The molecule has 1 aromatic heterocycles. The zero-order valence-electron chi connectivity index (χ0n) is 18.6. The monoisotopic (exact) mass is 406 g/mol. The van der Waals surface area contributed by atoms with Crippen molar-refractivity contribution in [3.8, 4) is 11.5 Å². The van der Waals surface area contributed by atoms with Gasteiger partial charge in [-0.1, -0.05) is 25.1 Å². The van der Waals surface area contributed by atoms with Gasteiger partial charge in [0.15, 0.2) is 0 Å². The Labute approximate surface area is 178 Å². The third kappa shape index (κ3) is 4.20. The molecule has 0 aliphatic heterocycles. The molecule has 30 heavy (non-hydrogen) atoms. The number of nitrogens with zero attached hydrogens (tertiary/aromatic N) is 1. The van der Waals surface area contributed by atoms with Gasteiger partial charge in [-0.3, -0.25) is 4.79 Å². The summed E-state index contributed by atoms with van der Waals surface area (Å²) in [6, 6.07) is 13.7. The average Bonchev–Trinajstić information content (AvgIpc) is 2.97. The molecule has 5 nitrogen and oxygen atoms in total. The Hall–Kier alpha value is -3.21. The first-order valence-corrected chi connectivity index (χ1v) is 10.2. The number of aromatic nitrogens is 1. The smallest absolute Gasteiger partial charge is 0.272 e. The van der Waals surface area contributed by atoms with Gasteiger partial charge in [-0.15, -0.1) is 0 Å². The lowest BCUT2D eigenvalue weighted by Crippen LogP contribution is -2.19. The molecule has 0 atom stereocenters. The zero-order valence-corrected chi connectivity index (χ0v) is 18.6. The summed E-state index contributed by atoms with van der Waals surface area (Å²) >= 11 is 0. The number of benzene rings is 2. The van der Waals surface area contributed by atoms with E-state index in [0.29, 0.717) is 23.7 Å². The molecule has 3 aromatic rings. The van der Waals surface area contributed by atoms with E-state index in [1.54, 1.807) is 14.2 Å². The fourth-order valence-corrected chi connectivity index (χ4v) is 4.01. The highest BCUT2D eigenvalue weighted by Crippen LogP contribution is 2.29. The largest absolute Gasteiger partial charge is 0.497 e. The van der Waals surface area contributed by atoms with Gasteiger partial charge in [0.2, 0.25) is 0 Å². The molecule has 0 bridgehead atoms. The lowest BCUT2D eigenvalue weighted by molar-refractivity contribution is 0.101. The van der Waals surface area contributed by atoms with Crippen molar-refractivity contribution in [1.29, 1.82) is 0 Å². The van der Waals surface area contributed by atoms with Gasteiger partial charge in [-0.2, -0.15) is 0 Å². The number of anilines is 1. The third-order valence-corrected chi connectivity index (χ3v) is 5.57. The van der Waals surface area contributed by atoms with Crippen molar-refractivity contribution in [2.45, 2.75) is 40.7 Å². The number of carbonyl (C=O) groups excluding carboxylic acids is 1. The van der Waals surface area contributed by atoms with E-state index < -0.39 is 0 Å². The van der Waals surface area contributed by atoms with Crippen LogP contribution in [0.5, 0.6) is 11.5 Å². The summed E-state index contributed by atoms with van der Waals surface area (Å²) in [6.45, 7) is 8.81. The average molecular weight is 407 g/mol. The molecule has 0 saturated carbocycles. The molecule has 1 amide bonds. The van der Waals surface area contributed by atoms with E-state index in [0.717, 1.165) is 34.6 Å². The SMILES string of the molecule is CCc1c(C)c(C(=O)Nc2cc(C)ccc2OC)n(Cc2cccc(OC)c2)c1C. The van der Waals surface area contributed by atoms with Gasteiger partial charge in [-0.05, 0) is 73.7 Å². The van der Waals surface area contributed by atoms with E-state index in [9.17, 15) is 4.79 Å². The third-order valence-electron chi connectivity index (χ3n) is 5.57. The molecule has 0 spiro atoms. The first-order valence-electron chi connectivity index (χ1n) is 10.2. The van der Waals surface area contributed by atoms with Crippen LogP contribution < -0.4 is 14.8 Å². The van der Waals surface area contributed by atoms with Crippen molar-refractivity contribution < 1.29 is 14.3 Å². The topological polar surface area (TPSA) is 52.5 Å². The lowest BCUT2D eigenvalue weighted by Gasteiger charge is -2.15. The Morgan fingerprint density at radius 3 is 2.47 bits per heavy atom. The van der Waals surface area contributed by atoms with Crippen molar-refractivity contribution in [3.63, 3.8) is 0 Å². The van der Waals surface area contributed by atoms with Crippen LogP contribution in [0.4, 0.5) is 5.69 Å². The van der Waals surface area contributed by atoms with Crippen molar-refractivity contribution in [1.82, 2.24) is 4.57 Å². The Morgan fingerprint density at radius 1 is 1.03 bits per heavy atom. The number of hydrogen-bond acceptors (Lipinski definition) is 3. The number of rotatable bonds is 7. The molecule has 1 N–H and O–H groups in total. The fourth-order valence-electron chi connectivity index (χ4n) is 4.01. The van der Waals surface area contributed by atoms with Crippen LogP contribution in [0.2, 0.25) is 0 Å². The molecule has 0 unspecified atom stereocenters. The number of hydrogen-bond donors (Lipinski definition) is 1. The highest BCUT2D eigenvalue weighted by molar-refractivity contribution is 6.05. The van der Waals surface area contributed by atoms with E-state index in [1.807, 2.05) is 56.3 Å². The summed E-state index contributed by atoms with van der Waals surface area (Å²) in [5, 5.41) is 3.06. The molecule has 0 aliphatic rings. The summed E-state index contributed by atoms with van der Waals surface area (Å²) in [5.41, 5.74) is 6.82. The number of carbonyl (C=O) groups is 1. The van der Waals surface area contributed by atoms with E-state index in [2.05, 4.69) is 23.7 Å². The van der Waals surface area contributed by atoms with E-state index >= 15 is 0 Å². The maximum atomic E-state index is 13.4. The lowest BCUT2D eigenvalue weighted by atomic mass is 10.1. The summed E-state index contributed by atoms with van der Waals surface area (Å²) < 4.78 is 12.9. The van der Waals surface area contributed by atoms with E-state index in [-0.39, 0.29) is 5.91 Å². The van der Waals surface area contributed by atoms with Crippen LogP contribution in [0.25, 0.3) is 0 Å². The van der Waals surface area contributed by atoms with Crippen LogP contribution in [0.3, 0.4) is 0 Å². The van der Waals surface area contributed by atoms with Crippen LogP contribution in [0.1, 0.15) is 45.4 Å². The molecule has 158 valence electrons. The molecule has 5 heteroatoms. The molecule has 2 aromatic carbocycles. The number of aryl methyl sites for hydroxylation is 1. The van der Waals surface area contributed by atoms with Gasteiger partial charge >= 0.3 is 0 Å². The molecule has 0 fully saturated rings. The first-order chi connectivity index (χ1) is 14.4. The van der Waals surface area contributed by atoms with E-state index in [4.69, 9.17) is 9.47 Å². The normalized spacial score (nSPS) is 10.7.